The Balaban J connectivity index is 2.86. The highest BCUT2D eigenvalue weighted by molar-refractivity contribution is 5.45. The second-order valence-electron chi connectivity index (χ2n) is 4.62. The number of nitrogens with one attached hydrogen (secondary N) is 1. The molecule has 0 radical (unpaired) electrons. The van der Waals surface area contributed by atoms with Crippen molar-refractivity contribution in [2.24, 2.45) is 5.92 Å². The van der Waals surface area contributed by atoms with Crippen molar-refractivity contribution in [2.75, 3.05) is 25.0 Å². The fourth-order valence-corrected chi connectivity index (χ4v) is 2.18. The topological polar surface area (TPSA) is 41.1 Å². The van der Waals surface area contributed by atoms with Gasteiger partial charge in [0.05, 0.1) is 0 Å². The first-order valence-electron chi connectivity index (χ1n) is 6.95. The molecule has 0 atom stereocenters. The van der Waals surface area contributed by atoms with Gasteiger partial charge >= 0.3 is 0 Å². The Bertz CT molecular complexity index is 336. The number of anilines is 1. The molecule has 0 saturated carbocycles. The van der Waals surface area contributed by atoms with Crippen LogP contribution in [0.1, 0.15) is 39.2 Å². The summed E-state index contributed by atoms with van der Waals surface area (Å²) in [5.74, 6) is 1.82. The first kappa shape index (κ1) is 14.9. The molecule has 1 aromatic heterocycles. The lowest BCUT2D eigenvalue weighted by Gasteiger charge is -2.27. The van der Waals surface area contributed by atoms with Crippen LogP contribution >= 0.6 is 0 Å². The van der Waals surface area contributed by atoms with Crippen molar-refractivity contribution < 1.29 is 0 Å². The summed E-state index contributed by atoms with van der Waals surface area (Å²) in [6, 6.07) is 0. The van der Waals surface area contributed by atoms with Crippen LogP contribution in [0, 0.1) is 5.92 Å². The Morgan fingerprint density at radius 1 is 1.28 bits per heavy atom. The summed E-state index contributed by atoms with van der Waals surface area (Å²) in [7, 11) is 1.95. The van der Waals surface area contributed by atoms with Crippen molar-refractivity contribution in [3.8, 4) is 0 Å². The molecule has 1 heterocycles. The van der Waals surface area contributed by atoms with Gasteiger partial charge in [-0.25, -0.2) is 9.97 Å². The van der Waals surface area contributed by atoms with Crippen molar-refractivity contribution in [3.05, 3.63) is 18.1 Å². The predicted molar refractivity (Wildman–Crippen MR) is 76.8 cm³/mol. The normalized spacial score (nSPS) is 10.9. The Labute approximate surface area is 111 Å². The van der Waals surface area contributed by atoms with E-state index in [1.54, 1.807) is 6.33 Å². The van der Waals surface area contributed by atoms with E-state index in [0.29, 0.717) is 0 Å². The van der Waals surface area contributed by atoms with Crippen LogP contribution in [0.15, 0.2) is 12.5 Å². The Hall–Kier alpha value is -1.16. The van der Waals surface area contributed by atoms with Crippen LogP contribution in [-0.2, 0) is 6.54 Å². The van der Waals surface area contributed by atoms with Crippen molar-refractivity contribution in [1.82, 2.24) is 15.3 Å². The molecule has 0 fully saturated rings. The second kappa shape index (κ2) is 8.03. The van der Waals surface area contributed by atoms with Crippen LogP contribution < -0.4 is 10.2 Å². The zero-order chi connectivity index (χ0) is 13.4. The van der Waals surface area contributed by atoms with E-state index in [-0.39, 0.29) is 0 Å². The molecule has 18 heavy (non-hydrogen) atoms. The zero-order valence-corrected chi connectivity index (χ0v) is 12.1. The number of hydrogen-bond donors (Lipinski definition) is 1. The molecule has 0 saturated heterocycles. The monoisotopic (exact) mass is 250 g/mol. The quantitative estimate of drug-likeness (QED) is 0.769. The molecule has 0 aliphatic rings. The van der Waals surface area contributed by atoms with Gasteiger partial charge in [-0.1, -0.05) is 26.7 Å². The average molecular weight is 250 g/mol. The van der Waals surface area contributed by atoms with Crippen LogP contribution in [0.3, 0.4) is 0 Å². The lowest BCUT2D eigenvalue weighted by Crippen LogP contribution is -2.31. The van der Waals surface area contributed by atoms with Crippen LogP contribution in [0.4, 0.5) is 5.82 Å². The number of rotatable bonds is 8. The van der Waals surface area contributed by atoms with E-state index in [4.69, 9.17) is 0 Å². The van der Waals surface area contributed by atoms with Gasteiger partial charge in [0.2, 0.25) is 0 Å². The minimum absolute atomic E-state index is 0.738. The van der Waals surface area contributed by atoms with Gasteiger partial charge in [0.25, 0.3) is 0 Å². The first-order chi connectivity index (χ1) is 8.76. The predicted octanol–water partition coefficient (Wildman–Crippen LogP) is 2.46. The third-order valence-corrected chi connectivity index (χ3v) is 3.45. The molecular formula is C14H26N4. The summed E-state index contributed by atoms with van der Waals surface area (Å²) < 4.78 is 0. The molecule has 0 bridgehead atoms. The molecule has 1 rings (SSSR count). The zero-order valence-electron chi connectivity index (χ0n) is 12.1. The molecule has 4 nitrogen and oxygen atoms in total. The molecule has 1 N–H and O–H groups in total. The maximum atomic E-state index is 4.46. The third-order valence-electron chi connectivity index (χ3n) is 3.45. The van der Waals surface area contributed by atoms with Gasteiger partial charge < -0.3 is 10.2 Å². The maximum Gasteiger partial charge on any atom is 0.136 e. The molecule has 0 spiro atoms. The van der Waals surface area contributed by atoms with Gasteiger partial charge in [-0.05, 0) is 19.9 Å². The highest BCUT2D eigenvalue weighted by Gasteiger charge is 2.14. The van der Waals surface area contributed by atoms with E-state index in [9.17, 15) is 0 Å². The van der Waals surface area contributed by atoms with Crippen LogP contribution in [-0.4, -0.2) is 30.1 Å². The van der Waals surface area contributed by atoms with Gasteiger partial charge in [-0.3, -0.25) is 0 Å². The lowest BCUT2D eigenvalue weighted by molar-refractivity contribution is 0.483. The van der Waals surface area contributed by atoms with Crippen molar-refractivity contribution in [3.63, 3.8) is 0 Å². The maximum absolute atomic E-state index is 4.46. The van der Waals surface area contributed by atoms with E-state index in [0.717, 1.165) is 31.4 Å². The minimum atomic E-state index is 0.738. The molecular weight excluding hydrogens is 224 g/mol. The highest BCUT2D eigenvalue weighted by atomic mass is 15.2. The van der Waals surface area contributed by atoms with Gasteiger partial charge in [0.15, 0.2) is 0 Å². The fraction of sp³-hybridized carbons (Fsp3) is 0.714. The molecule has 0 amide bonds. The van der Waals surface area contributed by atoms with Crippen LogP contribution in [0.25, 0.3) is 0 Å². The van der Waals surface area contributed by atoms with E-state index in [2.05, 4.69) is 41.0 Å². The largest absolute Gasteiger partial charge is 0.356 e. The molecule has 0 aliphatic heterocycles. The molecule has 4 heteroatoms. The smallest absolute Gasteiger partial charge is 0.136 e. The summed E-state index contributed by atoms with van der Waals surface area (Å²) in [4.78, 5) is 11.0. The van der Waals surface area contributed by atoms with E-state index in [1.807, 2.05) is 13.2 Å². The Morgan fingerprint density at radius 2 is 2.00 bits per heavy atom. The van der Waals surface area contributed by atoms with Gasteiger partial charge in [-0.15, -0.1) is 0 Å². The summed E-state index contributed by atoms with van der Waals surface area (Å²) in [6.07, 6.45) is 6.00. The Kier molecular flexibility index (Phi) is 6.65. The molecule has 0 unspecified atom stereocenters. The molecule has 1 aromatic rings. The van der Waals surface area contributed by atoms with Crippen molar-refractivity contribution in [1.29, 1.82) is 0 Å². The molecule has 0 aromatic carbocycles. The number of nitrogens with zero attached hydrogens (tertiary/aromatic N) is 3. The van der Waals surface area contributed by atoms with E-state index >= 15 is 0 Å². The summed E-state index contributed by atoms with van der Waals surface area (Å²) >= 11 is 0. The van der Waals surface area contributed by atoms with Crippen LogP contribution in [0.2, 0.25) is 0 Å². The molecule has 0 aliphatic carbocycles. The highest BCUT2D eigenvalue weighted by Crippen LogP contribution is 2.19. The second-order valence-corrected chi connectivity index (χ2v) is 4.62. The summed E-state index contributed by atoms with van der Waals surface area (Å²) in [5.41, 5.74) is 1.17. The molecule has 102 valence electrons. The Morgan fingerprint density at radius 3 is 2.56 bits per heavy atom. The van der Waals surface area contributed by atoms with E-state index in [1.165, 1.54) is 18.4 Å². The SMILES string of the molecule is CCC(CC)CN(CC)c1ncncc1CNC. The first-order valence-corrected chi connectivity index (χ1v) is 6.95. The summed E-state index contributed by atoms with van der Waals surface area (Å²) in [5, 5.41) is 3.18. The standard InChI is InChI=1S/C14H26N4/c1-5-12(6-2)10-18(7-3)14-13(8-15-4)9-16-11-17-14/h9,11-12,15H,5-8,10H2,1-4H3. The average Bonchev–Trinajstić information content (AvgIpc) is 2.42. The summed E-state index contributed by atoms with van der Waals surface area (Å²) in [6.45, 7) is 9.59. The minimum Gasteiger partial charge on any atom is -0.356 e. The third kappa shape index (κ3) is 3.95. The van der Waals surface area contributed by atoms with Gasteiger partial charge in [0, 0.05) is 31.4 Å². The van der Waals surface area contributed by atoms with Crippen molar-refractivity contribution >= 4 is 5.82 Å². The number of aromatic nitrogens is 2. The van der Waals surface area contributed by atoms with Gasteiger partial charge in [0.1, 0.15) is 12.1 Å². The van der Waals surface area contributed by atoms with Crippen LogP contribution in [0.5, 0.6) is 0 Å². The lowest BCUT2D eigenvalue weighted by atomic mass is 10.0. The van der Waals surface area contributed by atoms with Crippen molar-refractivity contribution in [2.45, 2.75) is 40.2 Å². The van der Waals surface area contributed by atoms with E-state index < -0.39 is 0 Å². The fourth-order valence-electron chi connectivity index (χ4n) is 2.18. The number of hydrogen-bond acceptors (Lipinski definition) is 4. The van der Waals surface area contributed by atoms with Gasteiger partial charge in [-0.2, -0.15) is 0 Å².